The van der Waals surface area contributed by atoms with Crippen LogP contribution in [0.3, 0.4) is 0 Å². The van der Waals surface area contributed by atoms with Crippen molar-refractivity contribution < 1.29 is 4.74 Å². The van der Waals surface area contributed by atoms with Crippen LogP contribution in [-0.2, 0) is 6.42 Å². The zero-order valence-corrected chi connectivity index (χ0v) is 8.92. The van der Waals surface area contributed by atoms with Crippen molar-refractivity contribution in [1.82, 2.24) is 0 Å². The summed E-state index contributed by atoms with van der Waals surface area (Å²) in [6, 6.07) is 6.28. The van der Waals surface area contributed by atoms with Gasteiger partial charge in [0, 0.05) is 12.0 Å². The van der Waals surface area contributed by atoms with E-state index in [0.29, 0.717) is 0 Å². The Morgan fingerprint density at radius 1 is 1.13 bits per heavy atom. The number of rotatable bonds is 0. The number of aryl methyl sites for hydroxylation is 1. The van der Waals surface area contributed by atoms with Crippen LogP contribution in [0.4, 0.5) is 0 Å². The quantitative estimate of drug-likeness (QED) is 0.619. The standard InChI is InChI=1S/C14H14O/c1-10-5-4-8-14-12(10)9-11-6-2-3-7-13(11)15-14/h4-8H,2-3,9H2,1H3. The Morgan fingerprint density at radius 3 is 2.93 bits per heavy atom. The lowest BCUT2D eigenvalue weighted by molar-refractivity contribution is 0.408. The van der Waals surface area contributed by atoms with E-state index < -0.39 is 0 Å². The van der Waals surface area contributed by atoms with E-state index >= 15 is 0 Å². The van der Waals surface area contributed by atoms with Crippen LogP contribution in [-0.4, -0.2) is 0 Å². The molecule has 0 saturated heterocycles. The number of ether oxygens (including phenoxy) is 1. The Balaban J connectivity index is 2.11. The molecule has 1 aliphatic carbocycles. The Hall–Kier alpha value is -1.50. The fourth-order valence-electron chi connectivity index (χ4n) is 2.28. The highest BCUT2D eigenvalue weighted by Gasteiger charge is 2.21. The summed E-state index contributed by atoms with van der Waals surface area (Å²) in [5.41, 5.74) is 4.05. The van der Waals surface area contributed by atoms with Gasteiger partial charge >= 0.3 is 0 Å². The zero-order valence-electron chi connectivity index (χ0n) is 8.92. The molecular weight excluding hydrogens is 184 g/mol. The van der Waals surface area contributed by atoms with Gasteiger partial charge in [-0.25, -0.2) is 0 Å². The molecule has 0 amide bonds. The molecule has 0 spiro atoms. The van der Waals surface area contributed by atoms with E-state index in [2.05, 4.69) is 37.3 Å². The summed E-state index contributed by atoms with van der Waals surface area (Å²) in [6.07, 6.45) is 7.82. The highest BCUT2D eigenvalue weighted by atomic mass is 16.5. The monoisotopic (exact) mass is 198 g/mol. The van der Waals surface area contributed by atoms with Gasteiger partial charge < -0.3 is 4.74 Å². The second-order valence-corrected chi connectivity index (χ2v) is 4.21. The summed E-state index contributed by atoms with van der Waals surface area (Å²) < 4.78 is 5.91. The second-order valence-electron chi connectivity index (χ2n) is 4.21. The molecule has 1 aromatic rings. The summed E-state index contributed by atoms with van der Waals surface area (Å²) in [4.78, 5) is 0. The maximum atomic E-state index is 5.91. The lowest BCUT2D eigenvalue weighted by Gasteiger charge is -2.25. The molecule has 0 radical (unpaired) electrons. The fourth-order valence-corrected chi connectivity index (χ4v) is 2.28. The average Bonchev–Trinajstić information content (AvgIpc) is 2.27. The summed E-state index contributed by atoms with van der Waals surface area (Å²) in [5, 5.41) is 0. The molecule has 0 atom stereocenters. The van der Waals surface area contributed by atoms with E-state index in [-0.39, 0.29) is 0 Å². The SMILES string of the molecule is Cc1cccc2c1CC1=CCCC=C1O2. The van der Waals surface area contributed by atoms with E-state index in [4.69, 9.17) is 4.74 Å². The van der Waals surface area contributed by atoms with Crippen molar-refractivity contribution in [2.45, 2.75) is 26.2 Å². The van der Waals surface area contributed by atoms with Gasteiger partial charge in [-0.2, -0.15) is 0 Å². The first kappa shape index (κ1) is 8.78. The van der Waals surface area contributed by atoms with Crippen LogP contribution in [0, 0.1) is 6.92 Å². The third-order valence-corrected chi connectivity index (χ3v) is 3.16. The van der Waals surface area contributed by atoms with Gasteiger partial charge in [-0.1, -0.05) is 18.2 Å². The van der Waals surface area contributed by atoms with Crippen LogP contribution in [0.5, 0.6) is 5.75 Å². The first-order valence-corrected chi connectivity index (χ1v) is 5.50. The Kier molecular flexibility index (Phi) is 1.91. The molecule has 1 nitrogen and oxygen atoms in total. The lowest BCUT2D eigenvalue weighted by atomic mass is 9.92. The van der Waals surface area contributed by atoms with Gasteiger partial charge in [0.05, 0.1) is 0 Å². The Morgan fingerprint density at radius 2 is 2.00 bits per heavy atom. The number of allylic oxidation sites excluding steroid dienone is 3. The van der Waals surface area contributed by atoms with Crippen LogP contribution in [0.25, 0.3) is 0 Å². The number of hydrogen-bond donors (Lipinski definition) is 0. The largest absolute Gasteiger partial charge is 0.457 e. The van der Waals surface area contributed by atoms with E-state index in [9.17, 15) is 0 Å². The molecule has 0 N–H and O–H groups in total. The van der Waals surface area contributed by atoms with Crippen LogP contribution < -0.4 is 4.74 Å². The molecule has 1 aliphatic heterocycles. The predicted molar refractivity (Wildman–Crippen MR) is 60.9 cm³/mol. The normalized spacial score (nSPS) is 18.2. The smallest absolute Gasteiger partial charge is 0.131 e. The lowest BCUT2D eigenvalue weighted by Crippen LogP contribution is -2.13. The van der Waals surface area contributed by atoms with Gasteiger partial charge in [-0.3, -0.25) is 0 Å². The maximum absolute atomic E-state index is 5.91. The summed E-state index contributed by atoms with van der Waals surface area (Å²) in [7, 11) is 0. The van der Waals surface area contributed by atoms with Gasteiger partial charge in [0.25, 0.3) is 0 Å². The zero-order chi connectivity index (χ0) is 10.3. The predicted octanol–water partition coefficient (Wildman–Crippen LogP) is 3.53. The van der Waals surface area contributed by atoms with Crippen molar-refractivity contribution in [1.29, 1.82) is 0 Å². The number of fused-ring (bicyclic) bond motifs is 2. The maximum Gasteiger partial charge on any atom is 0.131 e. The molecule has 15 heavy (non-hydrogen) atoms. The van der Waals surface area contributed by atoms with Gasteiger partial charge in [0.1, 0.15) is 11.5 Å². The first-order valence-electron chi connectivity index (χ1n) is 5.50. The molecule has 2 aliphatic rings. The van der Waals surface area contributed by atoms with Crippen LogP contribution >= 0.6 is 0 Å². The molecule has 0 saturated carbocycles. The van der Waals surface area contributed by atoms with Crippen LogP contribution in [0.15, 0.2) is 41.7 Å². The molecule has 0 unspecified atom stereocenters. The van der Waals surface area contributed by atoms with E-state index in [0.717, 1.165) is 30.8 Å². The van der Waals surface area contributed by atoms with Crippen molar-refractivity contribution >= 4 is 0 Å². The molecule has 0 fully saturated rings. The van der Waals surface area contributed by atoms with Gasteiger partial charge in [-0.15, -0.1) is 0 Å². The molecule has 1 aromatic carbocycles. The van der Waals surface area contributed by atoms with Crippen molar-refractivity contribution in [3.05, 3.63) is 52.8 Å². The molecule has 1 heteroatoms. The van der Waals surface area contributed by atoms with Gasteiger partial charge in [-0.05, 0) is 43.0 Å². The summed E-state index contributed by atoms with van der Waals surface area (Å²) >= 11 is 0. The van der Waals surface area contributed by atoms with E-state index in [1.165, 1.54) is 16.7 Å². The molecule has 1 heterocycles. The van der Waals surface area contributed by atoms with Crippen LogP contribution in [0.1, 0.15) is 24.0 Å². The third-order valence-electron chi connectivity index (χ3n) is 3.16. The van der Waals surface area contributed by atoms with Crippen molar-refractivity contribution in [3.8, 4) is 5.75 Å². The third kappa shape index (κ3) is 1.39. The topological polar surface area (TPSA) is 9.23 Å². The van der Waals surface area contributed by atoms with Crippen LogP contribution in [0.2, 0.25) is 0 Å². The fraction of sp³-hybridized carbons (Fsp3) is 0.286. The molecule has 0 aromatic heterocycles. The average molecular weight is 198 g/mol. The minimum absolute atomic E-state index is 1.04. The minimum atomic E-state index is 1.04. The second kappa shape index (κ2) is 3.27. The van der Waals surface area contributed by atoms with Gasteiger partial charge in [0.2, 0.25) is 0 Å². The highest BCUT2D eigenvalue weighted by molar-refractivity contribution is 5.50. The van der Waals surface area contributed by atoms with Crippen molar-refractivity contribution in [3.63, 3.8) is 0 Å². The molecule has 0 bridgehead atoms. The first-order chi connectivity index (χ1) is 7.34. The molecular formula is C14H14O. The number of hydrogen-bond acceptors (Lipinski definition) is 1. The molecule has 76 valence electrons. The van der Waals surface area contributed by atoms with Crippen molar-refractivity contribution in [2.75, 3.05) is 0 Å². The van der Waals surface area contributed by atoms with E-state index in [1.54, 1.807) is 0 Å². The van der Waals surface area contributed by atoms with Gasteiger partial charge in [0.15, 0.2) is 0 Å². The Bertz CT molecular complexity index is 466. The summed E-state index contributed by atoms with van der Waals surface area (Å²) in [6.45, 7) is 2.15. The highest BCUT2D eigenvalue weighted by Crippen LogP contribution is 2.36. The summed E-state index contributed by atoms with van der Waals surface area (Å²) in [5.74, 6) is 2.12. The number of benzene rings is 1. The molecule has 3 rings (SSSR count). The van der Waals surface area contributed by atoms with Crippen molar-refractivity contribution in [2.24, 2.45) is 0 Å². The Labute approximate surface area is 90.1 Å². The minimum Gasteiger partial charge on any atom is -0.457 e. The van der Waals surface area contributed by atoms with E-state index in [1.807, 2.05) is 0 Å².